The normalized spacial score (nSPS) is 15.4. The molecule has 2 amide bonds. The van der Waals surface area contributed by atoms with Crippen LogP contribution in [0.4, 0.5) is 0 Å². The number of likely N-dealkylation sites (tertiary alicyclic amines) is 1. The predicted octanol–water partition coefficient (Wildman–Crippen LogP) is 3.27. The average molecular weight is 345 g/mol. The highest BCUT2D eigenvalue weighted by Crippen LogP contribution is 2.19. The number of carbonyl (C=O) groups excluding carboxylic acids is 2. The molecule has 1 aliphatic heterocycles. The molecule has 138 valence electrons. The van der Waals surface area contributed by atoms with E-state index >= 15 is 0 Å². The number of nitrogens with zero attached hydrogens (tertiary/aromatic N) is 2. The smallest absolute Gasteiger partial charge is 0.253 e. The SMILES string of the molecule is CCCC(CCC)C(=O)NCC1CCN(C(=O)c2ccncc2)CC1. The second-order valence-corrected chi connectivity index (χ2v) is 6.99. The second kappa shape index (κ2) is 10.2. The Hall–Kier alpha value is -1.91. The van der Waals surface area contributed by atoms with Crippen molar-refractivity contribution in [2.75, 3.05) is 19.6 Å². The summed E-state index contributed by atoms with van der Waals surface area (Å²) in [4.78, 5) is 30.6. The molecule has 1 aliphatic rings. The second-order valence-electron chi connectivity index (χ2n) is 6.99. The van der Waals surface area contributed by atoms with Gasteiger partial charge in [0.25, 0.3) is 5.91 Å². The number of hydrogen-bond acceptors (Lipinski definition) is 3. The Kier molecular flexibility index (Phi) is 7.89. The molecular weight excluding hydrogens is 314 g/mol. The first kappa shape index (κ1) is 19.4. The molecule has 1 saturated heterocycles. The molecular formula is C20H31N3O2. The third kappa shape index (κ3) is 5.83. The van der Waals surface area contributed by atoms with Crippen molar-refractivity contribution in [3.05, 3.63) is 30.1 Å². The van der Waals surface area contributed by atoms with Gasteiger partial charge in [-0.1, -0.05) is 26.7 Å². The fourth-order valence-electron chi connectivity index (χ4n) is 3.51. The highest BCUT2D eigenvalue weighted by Gasteiger charge is 2.24. The van der Waals surface area contributed by atoms with Crippen LogP contribution in [0.3, 0.4) is 0 Å². The Morgan fingerprint density at radius 3 is 2.32 bits per heavy atom. The van der Waals surface area contributed by atoms with Gasteiger partial charge in [0.1, 0.15) is 0 Å². The monoisotopic (exact) mass is 345 g/mol. The predicted molar refractivity (Wildman–Crippen MR) is 99.2 cm³/mol. The van der Waals surface area contributed by atoms with E-state index in [0.29, 0.717) is 11.5 Å². The summed E-state index contributed by atoms with van der Waals surface area (Å²) >= 11 is 0. The van der Waals surface area contributed by atoms with Gasteiger partial charge in [-0.15, -0.1) is 0 Å². The number of piperidine rings is 1. The molecule has 1 N–H and O–H groups in total. The van der Waals surface area contributed by atoms with Crippen molar-refractivity contribution in [1.82, 2.24) is 15.2 Å². The third-order valence-electron chi connectivity index (χ3n) is 5.04. The fraction of sp³-hybridized carbons (Fsp3) is 0.650. The van der Waals surface area contributed by atoms with Crippen molar-refractivity contribution in [3.8, 4) is 0 Å². The van der Waals surface area contributed by atoms with Crippen LogP contribution in [0.2, 0.25) is 0 Å². The average Bonchev–Trinajstić information content (AvgIpc) is 2.66. The molecule has 0 unspecified atom stereocenters. The highest BCUT2D eigenvalue weighted by molar-refractivity contribution is 5.94. The van der Waals surface area contributed by atoms with Crippen LogP contribution in [0.15, 0.2) is 24.5 Å². The highest BCUT2D eigenvalue weighted by atomic mass is 16.2. The summed E-state index contributed by atoms with van der Waals surface area (Å²) in [6, 6.07) is 3.52. The summed E-state index contributed by atoms with van der Waals surface area (Å²) in [5.41, 5.74) is 0.698. The lowest BCUT2D eigenvalue weighted by molar-refractivity contribution is -0.125. The quantitative estimate of drug-likeness (QED) is 0.786. The molecule has 2 rings (SSSR count). The van der Waals surface area contributed by atoms with Gasteiger partial charge < -0.3 is 10.2 Å². The van der Waals surface area contributed by atoms with Crippen LogP contribution in [-0.4, -0.2) is 41.3 Å². The Morgan fingerprint density at radius 2 is 1.76 bits per heavy atom. The van der Waals surface area contributed by atoms with Gasteiger partial charge in [-0.3, -0.25) is 14.6 Å². The molecule has 1 aromatic rings. The largest absolute Gasteiger partial charge is 0.356 e. The van der Waals surface area contributed by atoms with Crippen molar-refractivity contribution in [1.29, 1.82) is 0 Å². The molecule has 0 spiro atoms. The van der Waals surface area contributed by atoms with Crippen LogP contribution in [0, 0.1) is 11.8 Å². The first-order valence-corrected chi connectivity index (χ1v) is 9.62. The standard InChI is InChI=1S/C20H31N3O2/c1-3-5-17(6-4-2)19(24)22-15-16-9-13-23(14-10-16)20(25)18-7-11-21-12-8-18/h7-8,11-12,16-17H,3-6,9-10,13-15H2,1-2H3,(H,22,24). The maximum atomic E-state index is 12.4. The van der Waals surface area contributed by atoms with Gasteiger partial charge in [0, 0.05) is 43.5 Å². The van der Waals surface area contributed by atoms with E-state index in [4.69, 9.17) is 0 Å². The zero-order chi connectivity index (χ0) is 18.1. The molecule has 1 aromatic heterocycles. The van der Waals surface area contributed by atoms with Crippen molar-refractivity contribution in [2.24, 2.45) is 11.8 Å². The third-order valence-corrected chi connectivity index (χ3v) is 5.04. The molecule has 0 atom stereocenters. The Balaban J connectivity index is 1.75. The molecule has 0 radical (unpaired) electrons. The minimum Gasteiger partial charge on any atom is -0.356 e. The summed E-state index contributed by atoms with van der Waals surface area (Å²) in [5, 5.41) is 3.15. The zero-order valence-corrected chi connectivity index (χ0v) is 15.5. The Bertz CT molecular complexity index is 533. The molecule has 5 heteroatoms. The van der Waals surface area contributed by atoms with Crippen molar-refractivity contribution in [2.45, 2.75) is 52.4 Å². The minimum absolute atomic E-state index is 0.0795. The first-order valence-electron chi connectivity index (χ1n) is 9.62. The van der Waals surface area contributed by atoms with Gasteiger partial charge >= 0.3 is 0 Å². The molecule has 1 fully saturated rings. The van der Waals surface area contributed by atoms with Gasteiger partial charge in [0.2, 0.25) is 5.91 Å². The molecule has 0 saturated carbocycles. The van der Waals surface area contributed by atoms with E-state index in [9.17, 15) is 9.59 Å². The van der Waals surface area contributed by atoms with Crippen molar-refractivity contribution >= 4 is 11.8 Å². The number of nitrogens with one attached hydrogen (secondary N) is 1. The number of carbonyl (C=O) groups is 2. The molecule has 5 nitrogen and oxygen atoms in total. The van der Waals surface area contributed by atoms with Gasteiger partial charge in [-0.05, 0) is 43.7 Å². The lowest BCUT2D eigenvalue weighted by Gasteiger charge is -2.32. The first-order chi connectivity index (χ1) is 12.2. The summed E-state index contributed by atoms with van der Waals surface area (Å²) < 4.78 is 0. The summed E-state index contributed by atoms with van der Waals surface area (Å²) in [5.74, 6) is 0.910. The van der Waals surface area contributed by atoms with E-state index in [0.717, 1.165) is 58.2 Å². The lowest BCUT2D eigenvalue weighted by Crippen LogP contribution is -2.42. The van der Waals surface area contributed by atoms with E-state index in [1.807, 2.05) is 4.90 Å². The Morgan fingerprint density at radius 1 is 1.16 bits per heavy atom. The Labute approximate surface area is 151 Å². The maximum Gasteiger partial charge on any atom is 0.253 e. The van der Waals surface area contributed by atoms with Crippen LogP contribution < -0.4 is 5.32 Å². The molecule has 2 heterocycles. The zero-order valence-electron chi connectivity index (χ0n) is 15.5. The van der Waals surface area contributed by atoms with Crippen LogP contribution in [0.1, 0.15) is 62.7 Å². The fourth-order valence-corrected chi connectivity index (χ4v) is 3.51. The summed E-state index contributed by atoms with van der Waals surface area (Å²) in [6.07, 6.45) is 9.24. The summed E-state index contributed by atoms with van der Waals surface area (Å²) in [6.45, 7) is 6.51. The maximum absolute atomic E-state index is 12.4. The van der Waals surface area contributed by atoms with Gasteiger partial charge in [0.15, 0.2) is 0 Å². The summed E-state index contributed by atoms with van der Waals surface area (Å²) in [7, 11) is 0. The van der Waals surface area contributed by atoms with Crippen LogP contribution in [0.5, 0.6) is 0 Å². The van der Waals surface area contributed by atoms with Gasteiger partial charge in [-0.25, -0.2) is 0 Å². The lowest BCUT2D eigenvalue weighted by atomic mass is 9.94. The number of hydrogen-bond donors (Lipinski definition) is 1. The van der Waals surface area contributed by atoms with Crippen LogP contribution >= 0.6 is 0 Å². The van der Waals surface area contributed by atoms with Gasteiger partial charge in [-0.2, -0.15) is 0 Å². The number of aromatic nitrogens is 1. The molecule has 0 bridgehead atoms. The number of rotatable bonds is 8. The number of pyridine rings is 1. The minimum atomic E-state index is 0.0795. The van der Waals surface area contributed by atoms with E-state index in [2.05, 4.69) is 24.1 Å². The van der Waals surface area contributed by atoms with E-state index in [1.165, 1.54) is 0 Å². The number of amides is 2. The molecule has 0 aromatic carbocycles. The van der Waals surface area contributed by atoms with Crippen molar-refractivity contribution < 1.29 is 9.59 Å². The molecule has 25 heavy (non-hydrogen) atoms. The van der Waals surface area contributed by atoms with E-state index in [-0.39, 0.29) is 17.7 Å². The van der Waals surface area contributed by atoms with Crippen molar-refractivity contribution in [3.63, 3.8) is 0 Å². The topological polar surface area (TPSA) is 62.3 Å². The van der Waals surface area contributed by atoms with Gasteiger partial charge in [0.05, 0.1) is 0 Å². The molecule has 0 aliphatic carbocycles. The van der Waals surface area contributed by atoms with E-state index < -0.39 is 0 Å². The van der Waals surface area contributed by atoms with Crippen LogP contribution in [-0.2, 0) is 4.79 Å². The van der Waals surface area contributed by atoms with Crippen LogP contribution in [0.25, 0.3) is 0 Å². The van der Waals surface area contributed by atoms with E-state index in [1.54, 1.807) is 24.5 Å².